The number of ether oxygens (including phenoxy) is 1. The molecule has 1 aliphatic rings. The topological polar surface area (TPSA) is 84.5 Å². The normalized spacial score (nSPS) is 16.3. The molecule has 0 spiro atoms. The van der Waals surface area contributed by atoms with Gasteiger partial charge in [-0.3, -0.25) is 14.4 Å². The summed E-state index contributed by atoms with van der Waals surface area (Å²) in [4.78, 5) is 34.2. The maximum atomic E-state index is 11.7. The first kappa shape index (κ1) is 14.0. The van der Waals surface area contributed by atoms with Gasteiger partial charge in [-0.1, -0.05) is 0 Å². The van der Waals surface area contributed by atoms with Gasteiger partial charge in [-0.05, 0) is 30.7 Å². The Morgan fingerprint density at radius 3 is 2.80 bits per heavy atom. The van der Waals surface area contributed by atoms with Crippen molar-refractivity contribution in [3.63, 3.8) is 0 Å². The predicted molar refractivity (Wildman–Crippen MR) is 73.4 cm³/mol. The van der Waals surface area contributed by atoms with Gasteiger partial charge in [0.1, 0.15) is 0 Å². The molecule has 1 aromatic rings. The van der Waals surface area contributed by atoms with Crippen molar-refractivity contribution in [1.29, 1.82) is 0 Å². The summed E-state index contributed by atoms with van der Waals surface area (Å²) in [6, 6.07) is 5.24. The molecule has 0 bridgehead atoms. The lowest BCUT2D eigenvalue weighted by atomic mass is 10.0. The fourth-order valence-electron chi connectivity index (χ4n) is 2.04. The fourth-order valence-corrected chi connectivity index (χ4v) is 2.04. The number of carbonyl (C=O) groups excluding carboxylic acids is 3. The fraction of sp³-hybridized carbons (Fsp3) is 0.357. The van der Waals surface area contributed by atoms with Crippen molar-refractivity contribution < 1.29 is 19.1 Å². The van der Waals surface area contributed by atoms with Crippen LogP contribution in [0.15, 0.2) is 18.2 Å². The number of rotatable bonds is 4. The molecule has 0 aliphatic carbocycles. The molecule has 0 aromatic heterocycles. The molecule has 106 valence electrons. The number of hydrogen-bond donors (Lipinski definition) is 2. The van der Waals surface area contributed by atoms with Gasteiger partial charge >= 0.3 is 5.97 Å². The summed E-state index contributed by atoms with van der Waals surface area (Å²) in [5.41, 5.74) is 2.25. The van der Waals surface area contributed by atoms with Gasteiger partial charge in [0, 0.05) is 17.8 Å². The standard InChI is InChI=1S/C14H16N2O4/c1-8-10-7-9(3-4-11(10)16-14(8)19)15-12(17)5-6-13(18)20-2/h3-4,7-8H,5-6H2,1-2H3,(H,15,17)(H,16,19). The summed E-state index contributed by atoms with van der Waals surface area (Å²) in [7, 11) is 1.28. The Hall–Kier alpha value is -2.37. The van der Waals surface area contributed by atoms with Crippen molar-refractivity contribution in [3.05, 3.63) is 23.8 Å². The summed E-state index contributed by atoms with van der Waals surface area (Å²) in [6.45, 7) is 1.81. The van der Waals surface area contributed by atoms with E-state index in [4.69, 9.17) is 0 Å². The predicted octanol–water partition coefficient (Wildman–Crippen LogP) is 1.63. The van der Waals surface area contributed by atoms with E-state index in [1.165, 1.54) is 7.11 Å². The van der Waals surface area contributed by atoms with E-state index in [2.05, 4.69) is 15.4 Å². The van der Waals surface area contributed by atoms with Gasteiger partial charge in [0.05, 0.1) is 19.4 Å². The minimum atomic E-state index is -0.419. The Morgan fingerprint density at radius 2 is 2.10 bits per heavy atom. The zero-order valence-corrected chi connectivity index (χ0v) is 11.4. The largest absolute Gasteiger partial charge is 0.469 e. The molecule has 20 heavy (non-hydrogen) atoms. The summed E-state index contributed by atoms with van der Waals surface area (Å²) in [6.07, 6.45) is 0.111. The summed E-state index contributed by atoms with van der Waals surface area (Å²) >= 11 is 0. The van der Waals surface area contributed by atoms with Crippen molar-refractivity contribution in [2.75, 3.05) is 17.7 Å². The van der Waals surface area contributed by atoms with Crippen LogP contribution < -0.4 is 10.6 Å². The van der Waals surface area contributed by atoms with E-state index in [-0.39, 0.29) is 30.6 Å². The van der Waals surface area contributed by atoms with Crippen LogP contribution in [0.2, 0.25) is 0 Å². The molecular formula is C14H16N2O4. The molecule has 6 nitrogen and oxygen atoms in total. The molecular weight excluding hydrogens is 260 g/mol. The second-order valence-corrected chi connectivity index (χ2v) is 4.64. The lowest BCUT2D eigenvalue weighted by Crippen LogP contribution is -2.14. The highest BCUT2D eigenvalue weighted by atomic mass is 16.5. The number of hydrogen-bond acceptors (Lipinski definition) is 4. The molecule has 1 atom stereocenters. The van der Waals surface area contributed by atoms with Gasteiger partial charge in [-0.15, -0.1) is 0 Å². The number of benzene rings is 1. The molecule has 0 saturated heterocycles. The van der Waals surface area contributed by atoms with Crippen molar-refractivity contribution >= 4 is 29.2 Å². The van der Waals surface area contributed by atoms with E-state index in [1.54, 1.807) is 18.2 Å². The SMILES string of the molecule is COC(=O)CCC(=O)Nc1ccc2c(c1)C(C)C(=O)N2. The molecule has 1 unspecified atom stereocenters. The number of esters is 1. The third-order valence-electron chi connectivity index (χ3n) is 3.24. The zero-order valence-electron chi connectivity index (χ0n) is 11.4. The van der Waals surface area contributed by atoms with Crippen molar-refractivity contribution in [2.24, 2.45) is 0 Å². The number of methoxy groups -OCH3 is 1. The Morgan fingerprint density at radius 1 is 1.35 bits per heavy atom. The van der Waals surface area contributed by atoms with Crippen LogP contribution in [-0.2, 0) is 19.1 Å². The van der Waals surface area contributed by atoms with Crippen LogP contribution in [0, 0.1) is 0 Å². The quantitative estimate of drug-likeness (QED) is 0.819. The highest BCUT2D eigenvalue weighted by Gasteiger charge is 2.26. The third-order valence-corrected chi connectivity index (χ3v) is 3.24. The Bertz CT molecular complexity index is 568. The van der Waals surface area contributed by atoms with E-state index in [1.807, 2.05) is 6.92 Å². The van der Waals surface area contributed by atoms with Crippen LogP contribution in [0.1, 0.15) is 31.2 Å². The van der Waals surface area contributed by atoms with E-state index in [0.29, 0.717) is 5.69 Å². The van der Waals surface area contributed by atoms with Gasteiger partial charge in [-0.2, -0.15) is 0 Å². The minimum Gasteiger partial charge on any atom is -0.469 e. The number of carbonyl (C=O) groups is 3. The zero-order chi connectivity index (χ0) is 14.7. The average Bonchev–Trinajstić information content (AvgIpc) is 2.72. The molecule has 0 radical (unpaired) electrons. The van der Waals surface area contributed by atoms with Gasteiger partial charge < -0.3 is 15.4 Å². The van der Waals surface area contributed by atoms with Crippen LogP contribution in [0.3, 0.4) is 0 Å². The van der Waals surface area contributed by atoms with Crippen LogP contribution in [0.25, 0.3) is 0 Å². The van der Waals surface area contributed by atoms with Crippen LogP contribution >= 0.6 is 0 Å². The van der Waals surface area contributed by atoms with Crippen molar-refractivity contribution in [2.45, 2.75) is 25.7 Å². The maximum Gasteiger partial charge on any atom is 0.306 e. The molecule has 2 N–H and O–H groups in total. The van der Waals surface area contributed by atoms with Gasteiger partial charge in [-0.25, -0.2) is 0 Å². The summed E-state index contributed by atoms with van der Waals surface area (Å²) < 4.78 is 4.47. The van der Waals surface area contributed by atoms with Gasteiger partial charge in [0.2, 0.25) is 11.8 Å². The molecule has 1 aromatic carbocycles. The van der Waals surface area contributed by atoms with Crippen LogP contribution in [0.4, 0.5) is 11.4 Å². The average molecular weight is 276 g/mol. The number of anilines is 2. The van der Waals surface area contributed by atoms with E-state index in [9.17, 15) is 14.4 Å². The Kier molecular flexibility index (Phi) is 4.02. The molecule has 1 aliphatic heterocycles. The summed E-state index contributed by atoms with van der Waals surface area (Å²) in [5, 5.41) is 5.46. The van der Waals surface area contributed by atoms with Gasteiger partial charge in [0.25, 0.3) is 0 Å². The highest BCUT2D eigenvalue weighted by Crippen LogP contribution is 2.33. The van der Waals surface area contributed by atoms with Gasteiger partial charge in [0.15, 0.2) is 0 Å². The number of amides is 2. The van der Waals surface area contributed by atoms with Crippen LogP contribution in [0.5, 0.6) is 0 Å². The van der Waals surface area contributed by atoms with E-state index < -0.39 is 5.97 Å². The smallest absolute Gasteiger partial charge is 0.306 e. The number of nitrogens with one attached hydrogen (secondary N) is 2. The maximum absolute atomic E-state index is 11.7. The first-order valence-electron chi connectivity index (χ1n) is 6.32. The first-order chi connectivity index (χ1) is 9.51. The number of fused-ring (bicyclic) bond motifs is 1. The molecule has 0 saturated carbocycles. The van der Waals surface area contributed by atoms with Crippen LogP contribution in [-0.4, -0.2) is 24.9 Å². The third kappa shape index (κ3) is 2.96. The molecule has 0 fully saturated rings. The lowest BCUT2D eigenvalue weighted by Gasteiger charge is -2.08. The van der Waals surface area contributed by atoms with E-state index >= 15 is 0 Å². The monoisotopic (exact) mass is 276 g/mol. The molecule has 1 heterocycles. The Labute approximate surface area is 116 Å². The highest BCUT2D eigenvalue weighted by molar-refractivity contribution is 6.03. The Balaban J connectivity index is 1.99. The lowest BCUT2D eigenvalue weighted by molar-refractivity contribution is -0.141. The van der Waals surface area contributed by atoms with Crippen molar-refractivity contribution in [1.82, 2.24) is 0 Å². The molecule has 6 heteroatoms. The second kappa shape index (κ2) is 5.73. The van der Waals surface area contributed by atoms with E-state index in [0.717, 1.165) is 11.3 Å². The van der Waals surface area contributed by atoms with Crippen molar-refractivity contribution in [3.8, 4) is 0 Å². The summed E-state index contributed by atoms with van der Waals surface area (Å²) in [5.74, 6) is -0.955. The molecule has 2 rings (SSSR count). The molecule has 2 amide bonds. The second-order valence-electron chi connectivity index (χ2n) is 4.64. The minimum absolute atomic E-state index is 0.0454. The first-order valence-corrected chi connectivity index (χ1v) is 6.32.